The van der Waals surface area contributed by atoms with Gasteiger partial charge in [0.1, 0.15) is 6.04 Å². The zero-order chi connectivity index (χ0) is 19.7. The highest BCUT2D eigenvalue weighted by molar-refractivity contribution is 6.31. The molecular weight excluding hydrogens is 370 g/mol. The number of piperidine rings is 1. The lowest BCUT2D eigenvalue weighted by atomic mass is 9.99. The molecule has 2 aromatic rings. The van der Waals surface area contributed by atoms with Crippen LogP contribution < -0.4 is 4.90 Å². The number of benzene rings is 2. The van der Waals surface area contributed by atoms with Crippen LogP contribution in [0, 0.1) is 12.8 Å². The van der Waals surface area contributed by atoms with E-state index in [2.05, 4.69) is 24.0 Å². The molecule has 0 aromatic heterocycles. The molecule has 0 saturated carbocycles. The highest BCUT2D eigenvalue weighted by atomic mass is 35.5. The minimum absolute atomic E-state index is 0.0443. The van der Waals surface area contributed by atoms with Crippen LogP contribution in [0.1, 0.15) is 30.9 Å². The van der Waals surface area contributed by atoms with Crippen molar-refractivity contribution >= 4 is 29.2 Å². The summed E-state index contributed by atoms with van der Waals surface area (Å²) in [7, 11) is 0. The number of anilines is 1. The molecule has 0 aliphatic carbocycles. The Kier molecular flexibility index (Phi) is 5.40. The van der Waals surface area contributed by atoms with Crippen molar-refractivity contribution in [1.82, 2.24) is 4.90 Å². The quantitative estimate of drug-likeness (QED) is 0.755. The van der Waals surface area contributed by atoms with E-state index in [0.717, 1.165) is 54.6 Å². The second-order valence-corrected chi connectivity index (χ2v) is 8.35. The molecule has 5 heteroatoms. The van der Waals surface area contributed by atoms with E-state index in [1.165, 1.54) is 0 Å². The normalized spacial score (nSPS) is 20.6. The van der Waals surface area contributed by atoms with Gasteiger partial charge in [-0.15, -0.1) is 0 Å². The van der Waals surface area contributed by atoms with Gasteiger partial charge in [-0.2, -0.15) is 0 Å². The molecule has 1 fully saturated rings. The fourth-order valence-electron chi connectivity index (χ4n) is 4.00. The van der Waals surface area contributed by atoms with Gasteiger partial charge >= 0.3 is 0 Å². The Hall–Kier alpha value is -2.33. The maximum atomic E-state index is 13.4. The molecule has 1 saturated heterocycles. The standard InChI is InChI=1S/C23H26ClN3O/c1-16-10-12-26(13-11-16)23-25-20(15-18-6-4-3-5-7-18)22(28)27(23)21-9-8-19(24)14-17(21)2/h3-9,14,16,20H,10-13,15H2,1-2H3. The number of aryl methyl sites for hydroxylation is 1. The molecule has 0 spiro atoms. The van der Waals surface area contributed by atoms with Crippen molar-refractivity contribution in [3.8, 4) is 0 Å². The average Bonchev–Trinajstić information content (AvgIpc) is 3.00. The second kappa shape index (κ2) is 7.96. The number of halogens is 1. The third-order valence-electron chi connectivity index (χ3n) is 5.71. The van der Waals surface area contributed by atoms with Crippen LogP contribution in [0.4, 0.5) is 5.69 Å². The number of hydrogen-bond donors (Lipinski definition) is 0. The summed E-state index contributed by atoms with van der Waals surface area (Å²) in [6.45, 7) is 6.16. The van der Waals surface area contributed by atoms with Crippen LogP contribution >= 0.6 is 11.6 Å². The van der Waals surface area contributed by atoms with Gasteiger partial charge in [-0.3, -0.25) is 4.79 Å². The summed E-state index contributed by atoms with van der Waals surface area (Å²) in [5.41, 5.74) is 2.99. The monoisotopic (exact) mass is 395 g/mol. The lowest BCUT2D eigenvalue weighted by molar-refractivity contribution is -0.118. The molecule has 2 aliphatic rings. The number of hydrogen-bond acceptors (Lipinski definition) is 3. The molecule has 4 nitrogen and oxygen atoms in total. The van der Waals surface area contributed by atoms with Crippen molar-refractivity contribution in [3.05, 3.63) is 64.7 Å². The van der Waals surface area contributed by atoms with Crippen LogP contribution in [0.3, 0.4) is 0 Å². The van der Waals surface area contributed by atoms with Crippen LogP contribution in [-0.2, 0) is 11.2 Å². The van der Waals surface area contributed by atoms with E-state index >= 15 is 0 Å². The van der Waals surface area contributed by atoms with Gasteiger partial charge in [0.15, 0.2) is 0 Å². The SMILES string of the molecule is Cc1cc(Cl)ccc1N1C(=O)C(Cc2ccccc2)N=C1N1CCC(C)CC1. The van der Waals surface area contributed by atoms with Crippen molar-refractivity contribution in [2.24, 2.45) is 10.9 Å². The summed E-state index contributed by atoms with van der Waals surface area (Å²) >= 11 is 6.15. The number of rotatable bonds is 3. The van der Waals surface area contributed by atoms with E-state index in [0.29, 0.717) is 11.4 Å². The van der Waals surface area contributed by atoms with Crippen LogP contribution in [0.15, 0.2) is 53.5 Å². The first-order valence-electron chi connectivity index (χ1n) is 9.99. The molecule has 0 N–H and O–H groups in total. The van der Waals surface area contributed by atoms with Crippen molar-refractivity contribution in [2.45, 2.75) is 39.2 Å². The van der Waals surface area contributed by atoms with E-state index in [1.807, 2.05) is 48.2 Å². The Morgan fingerprint density at radius 2 is 1.82 bits per heavy atom. The fourth-order valence-corrected chi connectivity index (χ4v) is 4.22. The molecular formula is C23H26ClN3O. The molecule has 0 bridgehead atoms. The summed E-state index contributed by atoms with van der Waals surface area (Å²) in [6, 6.07) is 15.4. The van der Waals surface area contributed by atoms with Gasteiger partial charge in [-0.05, 0) is 55.0 Å². The van der Waals surface area contributed by atoms with Gasteiger partial charge in [0.2, 0.25) is 5.96 Å². The number of guanidine groups is 1. The Balaban J connectivity index is 1.68. The van der Waals surface area contributed by atoms with Gasteiger partial charge in [-0.25, -0.2) is 9.89 Å². The predicted octanol–water partition coefficient (Wildman–Crippen LogP) is 4.69. The summed E-state index contributed by atoms with van der Waals surface area (Å²) in [5.74, 6) is 1.56. The lowest BCUT2D eigenvalue weighted by Crippen LogP contribution is -2.48. The number of likely N-dealkylation sites (tertiary alicyclic amines) is 1. The molecule has 0 radical (unpaired) electrons. The van der Waals surface area contributed by atoms with Gasteiger partial charge in [0.05, 0.1) is 5.69 Å². The maximum absolute atomic E-state index is 13.4. The highest BCUT2D eigenvalue weighted by Crippen LogP contribution is 2.31. The Morgan fingerprint density at radius 1 is 1.11 bits per heavy atom. The van der Waals surface area contributed by atoms with E-state index in [9.17, 15) is 4.79 Å². The number of carbonyl (C=O) groups excluding carboxylic acids is 1. The van der Waals surface area contributed by atoms with Gasteiger partial charge in [0.25, 0.3) is 5.91 Å². The minimum Gasteiger partial charge on any atom is -0.342 e. The van der Waals surface area contributed by atoms with Crippen LogP contribution in [0.2, 0.25) is 5.02 Å². The van der Waals surface area contributed by atoms with Crippen LogP contribution in [-0.4, -0.2) is 35.9 Å². The fraction of sp³-hybridized carbons (Fsp3) is 0.391. The first-order chi connectivity index (χ1) is 13.5. The molecule has 28 heavy (non-hydrogen) atoms. The molecule has 2 aromatic carbocycles. The van der Waals surface area contributed by atoms with E-state index in [4.69, 9.17) is 16.6 Å². The van der Waals surface area contributed by atoms with Gasteiger partial charge in [-0.1, -0.05) is 48.9 Å². The predicted molar refractivity (Wildman–Crippen MR) is 115 cm³/mol. The number of carbonyl (C=O) groups is 1. The molecule has 2 heterocycles. The summed E-state index contributed by atoms with van der Waals surface area (Å²) in [4.78, 5) is 22.4. The largest absolute Gasteiger partial charge is 0.342 e. The third kappa shape index (κ3) is 3.79. The first-order valence-corrected chi connectivity index (χ1v) is 10.4. The first kappa shape index (κ1) is 19.0. The summed E-state index contributed by atoms with van der Waals surface area (Å²) < 4.78 is 0. The van der Waals surface area contributed by atoms with E-state index in [-0.39, 0.29) is 11.9 Å². The van der Waals surface area contributed by atoms with Gasteiger partial charge in [0, 0.05) is 24.5 Å². The topological polar surface area (TPSA) is 35.9 Å². The summed E-state index contributed by atoms with van der Waals surface area (Å²) in [5, 5.41) is 0.680. The van der Waals surface area contributed by atoms with Gasteiger partial charge < -0.3 is 4.90 Å². The van der Waals surface area contributed by atoms with Crippen molar-refractivity contribution in [1.29, 1.82) is 0 Å². The Labute approximate surface area is 171 Å². The maximum Gasteiger partial charge on any atom is 0.259 e. The van der Waals surface area contributed by atoms with Crippen molar-refractivity contribution < 1.29 is 4.79 Å². The Morgan fingerprint density at radius 3 is 2.50 bits per heavy atom. The zero-order valence-corrected chi connectivity index (χ0v) is 17.2. The Bertz CT molecular complexity index is 888. The highest BCUT2D eigenvalue weighted by Gasteiger charge is 2.39. The smallest absolute Gasteiger partial charge is 0.259 e. The van der Waals surface area contributed by atoms with Crippen molar-refractivity contribution in [2.75, 3.05) is 18.0 Å². The average molecular weight is 396 g/mol. The summed E-state index contributed by atoms with van der Waals surface area (Å²) in [6.07, 6.45) is 2.88. The number of amides is 1. The van der Waals surface area contributed by atoms with Crippen LogP contribution in [0.25, 0.3) is 0 Å². The molecule has 1 amide bonds. The molecule has 2 aliphatic heterocycles. The number of nitrogens with zero attached hydrogens (tertiary/aromatic N) is 3. The zero-order valence-electron chi connectivity index (χ0n) is 16.4. The molecule has 1 atom stereocenters. The second-order valence-electron chi connectivity index (χ2n) is 7.91. The van der Waals surface area contributed by atoms with E-state index in [1.54, 1.807) is 0 Å². The lowest BCUT2D eigenvalue weighted by Gasteiger charge is -2.35. The minimum atomic E-state index is -0.383. The van der Waals surface area contributed by atoms with Crippen LogP contribution in [0.5, 0.6) is 0 Å². The third-order valence-corrected chi connectivity index (χ3v) is 5.95. The van der Waals surface area contributed by atoms with Crippen molar-refractivity contribution in [3.63, 3.8) is 0 Å². The van der Waals surface area contributed by atoms with E-state index < -0.39 is 0 Å². The number of aliphatic imine (C=N–C) groups is 1. The molecule has 4 rings (SSSR count). The molecule has 1 unspecified atom stereocenters. The molecule has 146 valence electrons.